The Morgan fingerprint density at radius 2 is 2.15 bits per heavy atom. The SMILES string of the molecule is CCC1CCCCC1n1c(N)nc2cc(F)c(Br)cc21. The van der Waals surface area contributed by atoms with Crippen LogP contribution in [0.5, 0.6) is 0 Å². The summed E-state index contributed by atoms with van der Waals surface area (Å²) in [7, 11) is 0. The molecule has 0 spiro atoms. The summed E-state index contributed by atoms with van der Waals surface area (Å²) in [6, 6.07) is 3.64. The third-order valence-electron chi connectivity index (χ3n) is 4.48. The molecule has 0 amide bonds. The normalized spacial score (nSPS) is 23.4. The molecule has 3 nitrogen and oxygen atoms in total. The van der Waals surface area contributed by atoms with Gasteiger partial charge in [0.15, 0.2) is 0 Å². The summed E-state index contributed by atoms with van der Waals surface area (Å²) in [6.07, 6.45) is 6.03. The van der Waals surface area contributed by atoms with E-state index < -0.39 is 0 Å². The van der Waals surface area contributed by atoms with E-state index in [1.54, 1.807) is 6.07 Å². The van der Waals surface area contributed by atoms with Gasteiger partial charge in [-0.15, -0.1) is 0 Å². The Hall–Kier alpha value is -1.10. The third-order valence-corrected chi connectivity index (χ3v) is 5.09. The molecule has 1 aliphatic carbocycles. The lowest BCUT2D eigenvalue weighted by molar-refractivity contribution is 0.239. The molecule has 1 aromatic heterocycles. The van der Waals surface area contributed by atoms with Crippen molar-refractivity contribution in [2.24, 2.45) is 5.92 Å². The van der Waals surface area contributed by atoms with Crippen LogP contribution in [0.2, 0.25) is 0 Å². The molecule has 5 heteroatoms. The molecule has 2 N–H and O–H groups in total. The third kappa shape index (κ3) is 2.22. The molecule has 2 aromatic rings. The highest BCUT2D eigenvalue weighted by Gasteiger charge is 2.28. The number of anilines is 1. The molecule has 1 aliphatic rings. The van der Waals surface area contributed by atoms with Gasteiger partial charge in [0.2, 0.25) is 5.95 Å². The van der Waals surface area contributed by atoms with Gasteiger partial charge in [0.05, 0.1) is 15.5 Å². The summed E-state index contributed by atoms with van der Waals surface area (Å²) in [6.45, 7) is 2.23. The quantitative estimate of drug-likeness (QED) is 0.864. The molecule has 3 rings (SSSR count). The lowest BCUT2D eigenvalue weighted by Crippen LogP contribution is -2.24. The van der Waals surface area contributed by atoms with Crippen molar-refractivity contribution in [3.63, 3.8) is 0 Å². The molecule has 0 bridgehead atoms. The molecular weight excluding hydrogens is 321 g/mol. The number of hydrogen-bond donors (Lipinski definition) is 1. The molecule has 108 valence electrons. The second-order valence-corrected chi connectivity index (χ2v) is 6.47. The van der Waals surface area contributed by atoms with Crippen LogP contribution in [0.25, 0.3) is 11.0 Å². The standard InChI is InChI=1S/C15H19BrFN3/c1-2-9-5-3-4-6-13(9)20-14-7-10(16)11(17)8-12(14)19-15(20)18/h7-9,13H,2-6H2,1H3,(H2,18,19). The van der Waals surface area contributed by atoms with Gasteiger partial charge in [-0.2, -0.15) is 0 Å². The number of nitrogen functional groups attached to an aromatic ring is 1. The second kappa shape index (κ2) is 5.35. The van der Waals surface area contributed by atoms with Crippen molar-refractivity contribution in [3.8, 4) is 0 Å². The molecule has 1 heterocycles. The lowest BCUT2D eigenvalue weighted by atomic mass is 9.82. The zero-order valence-electron chi connectivity index (χ0n) is 11.6. The summed E-state index contributed by atoms with van der Waals surface area (Å²) >= 11 is 3.26. The van der Waals surface area contributed by atoms with E-state index in [9.17, 15) is 4.39 Å². The Kier molecular flexibility index (Phi) is 3.71. The number of aromatic nitrogens is 2. The Bertz CT molecular complexity index is 638. The summed E-state index contributed by atoms with van der Waals surface area (Å²) in [4.78, 5) is 4.34. The van der Waals surface area contributed by atoms with E-state index in [-0.39, 0.29) is 5.82 Å². The molecule has 2 unspecified atom stereocenters. The highest BCUT2D eigenvalue weighted by Crippen LogP contribution is 2.39. The van der Waals surface area contributed by atoms with Crippen molar-refractivity contribution in [2.45, 2.75) is 45.1 Å². The number of hydrogen-bond acceptors (Lipinski definition) is 2. The molecule has 20 heavy (non-hydrogen) atoms. The van der Waals surface area contributed by atoms with Crippen LogP contribution < -0.4 is 5.73 Å². The molecule has 1 aromatic carbocycles. The van der Waals surface area contributed by atoms with Gasteiger partial charge in [0.25, 0.3) is 0 Å². The van der Waals surface area contributed by atoms with E-state index in [0.29, 0.717) is 27.9 Å². The molecule has 0 radical (unpaired) electrons. The van der Waals surface area contributed by atoms with Crippen LogP contribution in [0.15, 0.2) is 16.6 Å². The molecule has 2 atom stereocenters. The Balaban J connectivity index is 2.14. The second-order valence-electron chi connectivity index (χ2n) is 5.62. The number of nitrogens with two attached hydrogens (primary N) is 1. The fraction of sp³-hybridized carbons (Fsp3) is 0.533. The van der Waals surface area contributed by atoms with Gasteiger partial charge >= 0.3 is 0 Å². The molecule has 1 saturated carbocycles. The molecule has 0 aliphatic heterocycles. The van der Waals surface area contributed by atoms with E-state index in [2.05, 4.69) is 32.4 Å². The minimum absolute atomic E-state index is 0.294. The van der Waals surface area contributed by atoms with Crippen molar-refractivity contribution in [2.75, 3.05) is 5.73 Å². The van der Waals surface area contributed by atoms with Crippen LogP contribution in [0.3, 0.4) is 0 Å². The maximum Gasteiger partial charge on any atom is 0.201 e. The van der Waals surface area contributed by atoms with E-state index in [1.807, 2.05) is 0 Å². The van der Waals surface area contributed by atoms with E-state index in [4.69, 9.17) is 5.73 Å². The van der Waals surface area contributed by atoms with Gasteiger partial charge in [-0.3, -0.25) is 0 Å². The van der Waals surface area contributed by atoms with Crippen LogP contribution in [0, 0.1) is 11.7 Å². The van der Waals surface area contributed by atoms with E-state index in [1.165, 1.54) is 25.3 Å². The number of imidazole rings is 1. The van der Waals surface area contributed by atoms with Crippen LogP contribution in [0.1, 0.15) is 45.1 Å². The monoisotopic (exact) mass is 339 g/mol. The van der Waals surface area contributed by atoms with Crippen molar-refractivity contribution < 1.29 is 4.39 Å². The zero-order chi connectivity index (χ0) is 14.3. The first kappa shape index (κ1) is 13.9. The number of fused-ring (bicyclic) bond motifs is 1. The molecule has 1 fully saturated rings. The van der Waals surface area contributed by atoms with Gasteiger partial charge in [-0.1, -0.05) is 26.2 Å². The van der Waals surface area contributed by atoms with Crippen molar-refractivity contribution >= 4 is 32.9 Å². The summed E-state index contributed by atoms with van der Waals surface area (Å²) < 4.78 is 16.2. The maximum atomic E-state index is 13.6. The van der Waals surface area contributed by atoms with Crippen molar-refractivity contribution in [1.82, 2.24) is 9.55 Å². The van der Waals surface area contributed by atoms with Gasteiger partial charge < -0.3 is 10.3 Å². The first-order valence-electron chi connectivity index (χ1n) is 7.24. The lowest BCUT2D eigenvalue weighted by Gasteiger charge is -2.32. The molecular formula is C15H19BrFN3. The van der Waals surface area contributed by atoms with Crippen LogP contribution >= 0.6 is 15.9 Å². The first-order chi connectivity index (χ1) is 9.61. The maximum absolute atomic E-state index is 13.6. The first-order valence-corrected chi connectivity index (χ1v) is 8.03. The predicted molar refractivity (Wildman–Crippen MR) is 83.1 cm³/mol. The van der Waals surface area contributed by atoms with E-state index >= 15 is 0 Å². The van der Waals surface area contributed by atoms with Crippen molar-refractivity contribution in [1.29, 1.82) is 0 Å². The minimum Gasteiger partial charge on any atom is -0.369 e. The van der Waals surface area contributed by atoms with E-state index in [0.717, 1.165) is 18.4 Å². The average Bonchev–Trinajstić information content (AvgIpc) is 2.74. The number of rotatable bonds is 2. The summed E-state index contributed by atoms with van der Waals surface area (Å²) in [5.74, 6) is 0.841. The van der Waals surface area contributed by atoms with Crippen LogP contribution in [-0.2, 0) is 0 Å². The fourth-order valence-electron chi connectivity index (χ4n) is 3.46. The van der Waals surface area contributed by atoms with Crippen LogP contribution in [-0.4, -0.2) is 9.55 Å². The summed E-state index contributed by atoms with van der Waals surface area (Å²) in [5, 5.41) is 0. The average molecular weight is 340 g/mol. The van der Waals surface area contributed by atoms with Gasteiger partial charge in [0.1, 0.15) is 5.82 Å². The van der Waals surface area contributed by atoms with Crippen molar-refractivity contribution in [3.05, 3.63) is 22.4 Å². The Morgan fingerprint density at radius 1 is 1.40 bits per heavy atom. The zero-order valence-corrected chi connectivity index (χ0v) is 13.2. The highest BCUT2D eigenvalue weighted by molar-refractivity contribution is 9.10. The largest absolute Gasteiger partial charge is 0.369 e. The molecule has 0 saturated heterocycles. The highest BCUT2D eigenvalue weighted by atomic mass is 79.9. The van der Waals surface area contributed by atoms with Gasteiger partial charge in [0, 0.05) is 12.1 Å². The predicted octanol–water partition coefficient (Wildman–Crippen LogP) is 4.66. The van der Waals surface area contributed by atoms with Gasteiger partial charge in [-0.25, -0.2) is 9.37 Å². The number of benzene rings is 1. The number of halogens is 2. The number of nitrogens with zero attached hydrogens (tertiary/aromatic N) is 2. The fourth-order valence-corrected chi connectivity index (χ4v) is 3.79. The summed E-state index contributed by atoms with van der Waals surface area (Å²) in [5.41, 5.74) is 7.69. The Morgan fingerprint density at radius 3 is 2.90 bits per heavy atom. The topological polar surface area (TPSA) is 43.8 Å². The van der Waals surface area contributed by atoms with Crippen LogP contribution in [0.4, 0.5) is 10.3 Å². The smallest absolute Gasteiger partial charge is 0.201 e. The minimum atomic E-state index is -0.294. The van der Waals surface area contributed by atoms with Gasteiger partial charge in [-0.05, 0) is 40.8 Å². The Labute approximate surface area is 126 Å².